The number of carboxylic acids is 1. The summed E-state index contributed by atoms with van der Waals surface area (Å²) in [4.78, 5) is 22.6. The summed E-state index contributed by atoms with van der Waals surface area (Å²) in [6, 6.07) is 12.4. The van der Waals surface area contributed by atoms with Crippen LogP contribution in [0.3, 0.4) is 0 Å². The molecular weight excluding hydrogens is 313 g/mol. The number of nitrogens with one attached hydrogen (secondary N) is 1. The van der Waals surface area contributed by atoms with Crippen molar-refractivity contribution in [3.8, 4) is 5.75 Å². The number of halogens is 1. The second kappa shape index (κ2) is 8.10. The molecule has 0 radical (unpaired) electrons. The quantitative estimate of drug-likeness (QED) is 0.817. The van der Waals surface area contributed by atoms with E-state index in [-0.39, 0.29) is 24.7 Å². The molecule has 0 aromatic heterocycles. The van der Waals surface area contributed by atoms with E-state index in [2.05, 4.69) is 5.32 Å². The van der Waals surface area contributed by atoms with Crippen LogP contribution in [0, 0.1) is 5.82 Å². The minimum atomic E-state index is -0.905. The van der Waals surface area contributed by atoms with Gasteiger partial charge in [0.1, 0.15) is 11.6 Å². The molecule has 0 unspecified atom stereocenters. The number of benzene rings is 2. The number of ether oxygens (including phenoxy) is 1. The van der Waals surface area contributed by atoms with E-state index in [1.807, 2.05) is 0 Å². The molecular formula is C18H18FNO4. The third-order valence-electron chi connectivity index (χ3n) is 3.34. The van der Waals surface area contributed by atoms with Gasteiger partial charge in [-0.3, -0.25) is 9.59 Å². The zero-order valence-corrected chi connectivity index (χ0v) is 13.2. The Morgan fingerprint density at radius 1 is 1.08 bits per heavy atom. The maximum atomic E-state index is 12.8. The molecule has 0 fully saturated rings. The van der Waals surface area contributed by atoms with E-state index in [4.69, 9.17) is 9.84 Å². The van der Waals surface area contributed by atoms with Crippen LogP contribution < -0.4 is 10.1 Å². The first-order valence-electron chi connectivity index (χ1n) is 7.43. The van der Waals surface area contributed by atoms with E-state index in [1.54, 1.807) is 43.3 Å². The van der Waals surface area contributed by atoms with Gasteiger partial charge in [0.2, 0.25) is 0 Å². The molecule has 5 nitrogen and oxygen atoms in total. The van der Waals surface area contributed by atoms with Gasteiger partial charge in [-0.05, 0) is 42.3 Å². The van der Waals surface area contributed by atoms with Crippen LogP contribution >= 0.6 is 0 Å². The summed E-state index contributed by atoms with van der Waals surface area (Å²) in [5.74, 6) is -1.05. The number of hydrogen-bond acceptors (Lipinski definition) is 3. The van der Waals surface area contributed by atoms with Crippen LogP contribution in [-0.2, 0) is 22.6 Å². The van der Waals surface area contributed by atoms with Gasteiger partial charge >= 0.3 is 5.97 Å². The van der Waals surface area contributed by atoms with Crippen LogP contribution in [0.15, 0.2) is 48.5 Å². The monoisotopic (exact) mass is 331 g/mol. The average molecular weight is 331 g/mol. The van der Waals surface area contributed by atoms with Crippen molar-refractivity contribution in [2.75, 3.05) is 0 Å². The zero-order valence-electron chi connectivity index (χ0n) is 13.2. The van der Waals surface area contributed by atoms with Gasteiger partial charge in [0, 0.05) is 6.54 Å². The van der Waals surface area contributed by atoms with Crippen molar-refractivity contribution >= 4 is 11.9 Å². The fourth-order valence-corrected chi connectivity index (χ4v) is 2.05. The predicted octanol–water partition coefficient (Wildman–Crippen LogP) is 2.54. The molecule has 0 aliphatic carbocycles. The summed E-state index contributed by atoms with van der Waals surface area (Å²) in [6.07, 6.45) is -0.774. The van der Waals surface area contributed by atoms with Crippen LogP contribution in [0.1, 0.15) is 18.1 Å². The normalized spacial score (nSPS) is 11.6. The number of carboxylic acid groups (broad SMARTS) is 1. The molecule has 0 aliphatic heterocycles. The van der Waals surface area contributed by atoms with Crippen molar-refractivity contribution in [2.45, 2.75) is 26.0 Å². The molecule has 0 saturated carbocycles. The Labute approximate surface area is 139 Å². The number of aliphatic carboxylic acids is 1. The molecule has 1 atom stereocenters. The summed E-state index contributed by atoms with van der Waals surface area (Å²) in [5, 5.41) is 11.4. The predicted molar refractivity (Wildman–Crippen MR) is 86.1 cm³/mol. The first-order valence-corrected chi connectivity index (χ1v) is 7.43. The number of rotatable bonds is 7. The standard InChI is InChI=1S/C18H18FNO4/c1-12(18(23)20-11-14-2-6-15(19)7-3-14)24-16-8-4-13(5-9-16)10-17(21)22/h2-9,12H,10-11H2,1H3,(H,20,23)(H,21,22)/t12-/m1/s1. The molecule has 0 saturated heterocycles. The van der Waals surface area contributed by atoms with Crippen molar-refractivity contribution < 1.29 is 23.8 Å². The second-order valence-electron chi connectivity index (χ2n) is 5.32. The molecule has 0 heterocycles. The summed E-state index contributed by atoms with van der Waals surface area (Å²) in [6.45, 7) is 1.90. The first kappa shape index (κ1) is 17.5. The van der Waals surface area contributed by atoms with Crippen LogP contribution in [0.2, 0.25) is 0 Å². The lowest BCUT2D eigenvalue weighted by molar-refractivity contribution is -0.136. The molecule has 24 heavy (non-hydrogen) atoms. The Balaban J connectivity index is 1.84. The van der Waals surface area contributed by atoms with Crippen molar-refractivity contribution in [1.82, 2.24) is 5.32 Å². The maximum absolute atomic E-state index is 12.8. The largest absolute Gasteiger partial charge is 0.481 e. The van der Waals surface area contributed by atoms with E-state index < -0.39 is 12.1 Å². The van der Waals surface area contributed by atoms with Crippen molar-refractivity contribution in [3.63, 3.8) is 0 Å². The Morgan fingerprint density at radius 2 is 1.67 bits per heavy atom. The van der Waals surface area contributed by atoms with Gasteiger partial charge in [-0.1, -0.05) is 24.3 Å². The Bertz CT molecular complexity index is 698. The van der Waals surface area contributed by atoms with Crippen LogP contribution in [0.5, 0.6) is 5.75 Å². The van der Waals surface area contributed by atoms with Gasteiger partial charge in [-0.2, -0.15) is 0 Å². The van der Waals surface area contributed by atoms with Gasteiger partial charge < -0.3 is 15.2 Å². The molecule has 2 aromatic rings. The van der Waals surface area contributed by atoms with Gasteiger partial charge in [0.15, 0.2) is 6.10 Å². The molecule has 0 bridgehead atoms. The number of carbonyl (C=O) groups is 2. The van der Waals surface area contributed by atoms with Crippen molar-refractivity contribution in [2.24, 2.45) is 0 Å². The number of hydrogen-bond donors (Lipinski definition) is 2. The minimum Gasteiger partial charge on any atom is -0.481 e. The van der Waals surface area contributed by atoms with Crippen molar-refractivity contribution in [1.29, 1.82) is 0 Å². The lowest BCUT2D eigenvalue weighted by atomic mass is 10.1. The Morgan fingerprint density at radius 3 is 2.25 bits per heavy atom. The molecule has 126 valence electrons. The van der Waals surface area contributed by atoms with Crippen molar-refractivity contribution in [3.05, 3.63) is 65.5 Å². The van der Waals surface area contributed by atoms with Crippen LogP contribution in [0.25, 0.3) is 0 Å². The molecule has 6 heteroatoms. The van der Waals surface area contributed by atoms with E-state index in [9.17, 15) is 14.0 Å². The molecule has 2 aromatic carbocycles. The minimum absolute atomic E-state index is 0.0615. The fraction of sp³-hybridized carbons (Fsp3) is 0.222. The molecule has 0 aliphatic rings. The Hall–Kier alpha value is -2.89. The molecule has 2 N–H and O–H groups in total. The highest BCUT2D eigenvalue weighted by molar-refractivity contribution is 5.80. The van der Waals surface area contributed by atoms with Gasteiger partial charge in [0.05, 0.1) is 6.42 Å². The summed E-state index contributed by atoms with van der Waals surface area (Å²) >= 11 is 0. The van der Waals surface area contributed by atoms with Crippen LogP contribution in [-0.4, -0.2) is 23.1 Å². The highest BCUT2D eigenvalue weighted by Gasteiger charge is 2.14. The van der Waals surface area contributed by atoms with Gasteiger partial charge in [0.25, 0.3) is 5.91 Å². The SMILES string of the molecule is C[C@@H](Oc1ccc(CC(=O)O)cc1)C(=O)NCc1ccc(F)cc1. The third kappa shape index (κ3) is 5.39. The average Bonchev–Trinajstić information content (AvgIpc) is 2.55. The van der Waals surface area contributed by atoms with E-state index in [0.717, 1.165) is 5.56 Å². The lowest BCUT2D eigenvalue weighted by Crippen LogP contribution is -2.35. The van der Waals surface area contributed by atoms with E-state index in [1.165, 1.54) is 12.1 Å². The Kier molecular flexibility index (Phi) is 5.89. The third-order valence-corrected chi connectivity index (χ3v) is 3.34. The number of carbonyl (C=O) groups excluding carboxylic acids is 1. The summed E-state index contributed by atoms with van der Waals surface area (Å²) in [5.41, 5.74) is 1.44. The van der Waals surface area contributed by atoms with E-state index >= 15 is 0 Å². The maximum Gasteiger partial charge on any atom is 0.307 e. The highest BCUT2D eigenvalue weighted by atomic mass is 19.1. The zero-order chi connectivity index (χ0) is 17.5. The fourth-order valence-electron chi connectivity index (χ4n) is 2.05. The second-order valence-corrected chi connectivity index (χ2v) is 5.32. The summed E-state index contributed by atoms with van der Waals surface area (Å²) in [7, 11) is 0. The number of amides is 1. The van der Waals surface area contributed by atoms with E-state index in [0.29, 0.717) is 11.3 Å². The van der Waals surface area contributed by atoms with Gasteiger partial charge in [-0.25, -0.2) is 4.39 Å². The smallest absolute Gasteiger partial charge is 0.307 e. The summed E-state index contributed by atoms with van der Waals surface area (Å²) < 4.78 is 18.3. The molecule has 1 amide bonds. The topological polar surface area (TPSA) is 75.6 Å². The lowest BCUT2D eigenvalue weighted by Gasteiger charge is -2.15. The molecule has 0 spiro atoms. The first-order chi connectivity index (χ1) is 11.4. The highest BCUT2D eigenvalue weighted by Crippen LogP contribution is 2.14. The van der Waals surface area contributed by atoms with Crippen LogP contribution in [0.4, 0.5) is 4.39 Å². The van der Waals surface area contributed by atoms with Gasteiger partial charge in [-0.15, -0.1) is 0 Å². The molecule has 2 rings (SSSR count).